The summed E-state index contributed by atoms with van der Waals surface area (Å²) in [6, 6.07) is 6.85. The van der Waals surface area contributed by atoms with Crippen LogP contribution in [0.4, 0.5) is 0 Å². The molecule has 1 heterocycles. The number of rotatable bonds is 2. The second-order valence-electron chi connectivity index (χ2n) is 3.98. The fourth-order valence-corrected chi connectivity index (χ4v) is 3.10. The molecule has 2 rings (SSSR count). The van der Waals surface area contributed by atoms with Crippen molar-refractivity contribution in [2.24, 2.45) is 0 Å². The zero-order valence-corrected chi connectivity index (χ0v) is 10.0. The Balaban J connectivity index is 2.12. The van der Waals surface area contributed by atoms with Crippen LogP contribution in [0.3, 0.4) is 0 Å². The van der Waals surface area contributed by atoms with Gasteiger partial charge in [-0.2, -0.15) is 11.8 Å². The first-order valence-electron chi connectivity index (χ1n) is 5.32. The molecule has 0 spiro atoms. The average molecular weight is 237 g/mol. The van der Waals surface area contributed by atoms with E-state index in [2.05, 4.69) is 0 Å². The van der Waals surface area contributed by atoms with Crippen molar-refractivity contribution < 1.29 is 9.90 Å². The Morgan fingerprint density at radius 2 is 2.38 bits per heavy atom. The van der Waals surface area contributed by atoms with Crippen LogP contribution in [0.1, 0.15) is 16.8 Å². The van der Waals surface area contributed by atoms with Crippen molar-refractivity contribution in [3.8, 4) is 5.75 Å². The third-order valence-corrected chi connectivity index (χ3v) is 4.01. The molecular formula is C12H15NO2S. The third kappa shape index (κ3) is 2.32. The number of hydrogen-bond donors (Lipinski definition) is 1. The van der Waals surface area contributed by atoms with Crippen LogP contribution in [0.25, 0.3) is 0 Å². The van der Waals surface area contributed by atoms with Crippen molar-refractivity contribution in [1.82, 2.24) is 4.90 Å². The molecule has 1 fully saturated rings. The van der Waals surface area contributed by atoms with E-state index < -0.39 is 0 Å². The number of carbonyl (C=O) groups excluding carboxylic acids is 1. The van der Waals surface area contributed by atoms with E-state index in [-0.39, 0.29) is 11.7 Å². The van der Waals surface area contributed by atoms with Gasteiger partial charge in [0.1, 0.15) is 5.75 Å². The average Bonchev–Trinajstić information content (AvgIpc) is 2.80. The van der Waals surface area contributed by atoms with Gasteiger partial charge in [-0.3, -0.25) is 4.79 Å². The summed E-state index contributed by atoms with van der Waals surface area (Å²) in [5.74, 6) is 2.27. The number of amides is 1. The van der Waals surface area contributed by atoms with Gasteiger partial charge in [0, 0.05) is 24.4 Å². The van der Waals surface area contributed by atoms with Crippen LogP contribution in [-0.4, -0.2) is 40.5 Å². The molecule has 3 nitrogen and oxygen atoms in total. The minimum absolute atomic E-state index is 0.0107. The fraction of sp³-hybridized carbons (Fsp3) is 0.417. The van der Waals surface area contributed by atoms with Gasteiger partial charge >= 0.3 is 0 Å². The van der Waals surface area contributed by atoms with Gasteiger partial charge < -0.3 is 10.0 Å². The standard InChI is InChI=1S/C12H15NO2S/c1-13(10-5-6-16-8-10)12(15)9-3-2-4-11(14)7-9/h2-4,7,10,14H,5-6,8H2,1H3. The van der Waals surface area contributed by atoms with Gasteiger partial charge in [-0.1, -0.05) is 6.07 Å². The van der Waals surface area contributed by atoms with Gasteiger partial charge in [-0.15, -0.1) is 0 Å². The molecule has 1 aliphatic rings. The molecule has 1 atom stereocenters. The van der Waals surface area contributed by atoms with E-state index >= 15 is 0 Å². The highest BCUT2D eigenvalue weighted by Gasteiger charge is 2.24. The molecule has 1 unspecified atom stereocenters. The van der Waals surface area contributed by atoms with Crippen molar-refractivity contribution in [3.05, 3.63) is 29.8 Å². The first kappa shape index (κ1) is 11.3. The van der Waals surface area contributed by atoms with Crippen LogP contribution in [0.2, 0.25) is 0 Å². The van der Waals surface area contributed by atoms with Crippen molar-refractivity contribution in [3.63, 3.8) is 0 Å². The summed E-state index contributed by atoms with van der Waals surface area (Å²) in [4.78, 5) is 13.9. The highest BCUT2D eigenvalue weighted by atomic mass is 32.2. The largest absolute Gasteiger partial charge is 0.508 e. The Hall–Kier alpha value is -1.16. The van der Waals surface area contributed by atoms with Crippen molar-refractivity contribution in [2.75, 3.05) is 18.6 Å². The van der Waals surface area contributed by atoms with E-state index in [0.717, 1.165) is 17.9 Å². The topological polar surface area (TPSA) is 40.5 Å². The second-order valence-corrected chi connectivity index (χ2v) is 5.13. The predicted octanol–water partition coefficient (Wildman–Crippen LogP) is 1.97. The Kier molecular flexibility index (Phi) is 3.39. The Labute approximate surface area is 99.5 Å². The number of benzene rings is 1. The summed E-state index contributed by atoms with van der Waals surface area (Å²) in [5, 5.41) is 9.33. The fourth-order valence-electron chi connectivity index (χ4n) is 1.84. The van der Waals surface area contributed by atoms with Gasteiger partial charge in [-0.05, 0) is 30.4 Å². The minimum atomic E-state index is -0.0107. The number of thioether (sulfide) groups is 1. The molecule has 1 aromatic carbocycles. The third-order valence-electron chi connectivity index (χ3n) is 2.87. The van der Waals surface area contributed by atoms with E-state index in [1.54, 1.807) is 23.1 Å². The van der Waals surface area contributed by atoms with Crippen LogP contribution < -0.4 is 0 Å². The smallest absolute Gasteiger partial charge is 0.254 e. The normalized spacial score (nSPS) is 19.7. The van der Waals surface area contributed by atoms with E-state index in [4.69, 9.17) is 0 Å². The highest BCUT2D eigenvalue weighted by molar-refractivity contribution is 7.99. The minimum Gasteiger partial charge on any atom is -0.508 e. The summed E-state index contributed by atoms with van der Waals surface area (Å²) in [6.07, 6.45) is 1.06. The molecule has 0 aromatic heterocycles. The van der Waals surface area contributed by atoms with E-state index in [1.165, 1.54) is 6.07 Å². The highest BCUT2D eigenvalue weighted by Crippen LogP contribution is 2.23. The van der Waals surface area contributed by atoms with Crippen molar-refractivity contribution >= 4 is 17.7 Å². The molecule has 1 amide bonds. The molecule has 86 valence electrons. The second kappa shape index (κ2) is 4.78. The van der Waals surface area contributed by atoms with Crippen LogP contribution in [0.5, 0.6) is 5.75 Å². The molecule has 4 heteroatoms. The maximum Gasteiger partial charge on any atom is 0.254 e. The summed E-state index contributed by atoms with van der Waals surface area (Å²) in [7, 11) is 1.84. The lowest BCUT2D eigenvalue weighted by Crippen LogP contribution is -2.36. The molecule has 16 heavy (non-hydrogen) atoms. The quantitative estimate of drug-likeness (QED) is 0.855. The van der Waals surface area contributed by atoms with Gasteiger partial charge in [-0.25, -0.2) is 0 Å². The van der Waals surface area contributed by atoms with Crippen LogP contribution >= 0.6 is 11.8 Å². The van der Waals surface area contributed by atoms with Crippen LogP contribution in [0.15, 0.2) is 24.3 Å². The lowest BCUT2D eigenvalue weighted by atomic mass is 10.1. The lowest BCUT2D eigenvalue weighted by molar-refractivity contribution is 0.0747. The lowest BCUT2D eigenvalue weighted by Gasteiger charge is -2.23. The molecular weight excluding hydrogens is 222 g/mol. The molecule has 0 saturated carbocycles. The first-order chi connectivity index (χ1) is 7.68. The SMILES string of the molecule is CN(C(=O)c1cccc(O)c1)C1CCSC1. The van der Waals surface area contributed by atoms with Crippen LogP contribution in [0, 0.1) is 0 Å². The molecule has 0 radical (unpaired) electrons. The predicted molar refractivity (Wildman–Crippen MR) is 65.9 cm³/mol. The molecule has 0 bridgehead atoms. The number of phenolic OH excluding ortho intramolecular Hbond substituents is 1. The Morgan fingerprint density at radius 3 is 3.00 bits per heavy atom. The van der Waals surface area contributed by atoms with Crippen molar-refractivity contribution in [2.45, 2.75) is 12.5 Å². The monoisotopic (exact) mass is 237 g/mol. The van der Waals surface area contributed by atoms with E-state index in [9.17, 15) is 9.90 Å². The number of nitrogens with zero attached hydrogens (tertiary/aromatic N) is 1. The Morgan fingerprint density at radius 1 is 1.56 bits per heavy atom. The van der Waals surface area contributed by atoms with Gasteiger partial charge in [0.05, 0.1) is 0 Å². The molecule has 1 aliphatic heterocycles. The molecule has 1 aromatic rings. The van der Waals surface area contributed by atoms with Gasteiger partial charge in [0.25, 0.3) is 5.91 Å². The summed E-state index contributed by atoms with van der Waals surface area (Å²) < 4.78 is 0. The number of phenols is 1. The maximum absolute atomic E-state index is 12.1. The number of aromatic hydroxyl groups is 1. The Bertz CT molecular complexity index is 388. The summed E-state index contributed by atoms with van der Waals surface area (Å²) in [6.45, 7) is 0. The zero-order valence-electron chi connectivity index (χ0n) is 9.22. The molecule has 0 aliphatic carbocycles. The molecule has 1 N–H and O–H groups in total. The summed E-state index contributed by atoms with van der Waals surface area (Å²) >= 11 is 1.88. The number of carbonyl (C=O) groups is 1. The first-order valence-corrected chi connectivity index (χ1v) is 6.48. The summed E-state index contributed by atoms with van der Waals surface area (Å²) in [5.41, 5.74) is 0.555. The zero-order chi connectivity index (χ0) is 11.5. The number of hydrogen-bond acceptors (Lipinski definition) is 3. The van der Waals surface area contributed by atoms with Gasteiger partial charge in [0.15, 0.2) is 0 Å². The van der Waals surface area contributed by atoms with Gasteiger partial charge in [0.2, 0.25) is 0 Å². The van der Waals surface area contributed by atoms with Crippen molar-refractivity contribution in [1.29, 1.82) is 0 Å². The van der Waals surface area contributed by atoms with Crippen LogP contribution in [-0.2, 0) is 0 Å². The van der Waals surface area contributed by atoms with E-state index in [0.29, 0.717) is 11.6 Å². The maximum atomic E-state index is 12.1. The van der Waals surface area contributed by atoms with E-state index in [1.807, 2.05) is 18.8 Å². The molecule has 1 saturated heterocycles.